The Bertz CT molecular complexity index is 243. The third-order valence-corrected chi connectivity index (χ3v) is 1.53. The molecule has 2 nitrogen and oxygen atoms in total. The lowest BCUT2D eigenvalue weighted by molar-refractivity contribution is 0.183. The molecule has 0 aliphatic heterocycles. The molecule has 0 fully saturated rings. The van der Waals surface area contributed by atoms with E-state index in [1.807, 2.05) is 30.3 Å². The van der Waals surface area contributed by atoms with Crippen LogP contribution >= 0.6 is 0 Å². The largest absolute Gasteiger partial charge is 0.475 e. The molecule has 0 saturated heterocycles. The Kier molecular flexibility index (Phi) is 3.20. The topological polar surface area (TPSA) is 21.3 Å². The Hall–Kier alpha value is -1.44. The molecule has 1 rings (SSSR count). The van der Waals surface area contributed by atoms with Crippen molar-refractivity contribution in [3.8, 4) is 0 Å². The number of nitrogens with one attached hydrogen (secondary N) is 1. The van der Waals surface area contributed by atoms with E-state index < -0.39 is 0 Å². The Labute approximate surface area is 72.9 Å². The second-order valence-electron chi connectivity index (χ2n) is 2.45. The Balaban J connectivity index is 2.38. The summed E-state index contributed by atoms with van der Waals surface area (Å²) >= 11 is 0. The second-order valence-corrected chi connectivity index (χ2v) is 2.45. The van der Waals surface area contributed by atoms with Crippen molar-refractivity contribution >= 4 is 0 Å². The van der Waals surface area contributed by atoms with Crippen LogP contribution < -0.4 is 5.32 Å². The van der Waals surface area contributed by atoms with Gasteiger partial charge in [-0.15, -0.1) is 0 Å². The summed E-state index contributed by atoms with van der Waals surface area (Å²) in [5, 5.41) is 2.82. The van der Waals surface area contributed by atoms with E-state index in [-0.39, 0.29) is 0 Å². The van der Waals surface area contributed by atoms with Crippen molar-refractivity contribution in [2.45, 2.75) is 6.61 Å². The molecule has 64 valence electrons. The van der Waals surface area contributed by atoms with Crippen LogP contribution in [-0.4, -0.2) is 7.05 Å². The average Bonchev–Trinajstić information content (AvgIpc) is 2.16. The summed E-state index contributed by atoms with van der Waals surface area (Å²) in [5.74, 6) is 0.596. The smallest absolute Gasteiger partial charge is 0.179 e. The lowest BCUT2D eigenvalue weighted by atomic mass is 10.2. The standard InChI is InChI=1S/C10H13NO/c1-9(11-2)12-8-10-6-4-3-5-7-10/h3-7,11H,1,8H2,2H3. The Morgan fingerprint density at radius 3 is 2.67 bits per heavy atom. The predicted molar refractivity (Wildman–Crippen MR) is 49.4 cm³/mol. The van der Waals surface area contributed by atoms with Crippen LogP contribution in [0.4, 0.5) is 0 Å². The fourth-order valence-corrected chi connectivity index (χ4v) is 0.817. The van der Waals surface area contributed by atoms with E-state index in [2.05, 4.69) is 11.9 Å². The number of ether oxygens (including phenoxy) is 1. The van der Waals surface area contributed by atoms with E-state index >= 15 is 0 Å². The zero-order valence-corrected chi connectivity index (χ0v) is 7.21. The minimum absolute atomic E-state index is 0.570. The lowest BCUT2D eigenvalue weighted by Crippen LogP contribution is -2.07. The number of benzene rings is 1. The van der Waals surface area contributed by atoms with Gasteiger partial charge in [-0.1, -0.05) is 30.3 Å². The van der Waals surface area contributed by atoms with E-state index in [4.69, 9.17) is 4.74 Å². The third-order valence-electron chi connectivity index (χ3n) is 1.53. The number of hydrogen-bond acceptors (Lipinski definition) is 2. The summed E-state index contributed by atoms with van der Waals surface area (Å²) < 4.78 is 5.27. The van der Waals surface area contributed by atoms with Crippen LogP contribution in [0.25, 0.3) is 0 Å². The third kappa shape index (κ3) is 2.66. The zero-order chi connectivity index (χ0) is 8.81. The SMILES string of the molecule is C=C(NC)OCc1ccccc1. The minimum Gasteiger partial charge on any atom is -0.475 e. The van der Waals surface area contributed by atoms with Gasteiger partial charge in [0.1, 0.15) is 6.61 Å². The Morgan fingerprint density at radius 2 is 2.08 bits per heavy atom. The molecule has 0 bridgehead atoms. The first-order chi connectivity index (χ1) is 5.83. The summed E-state index contributed by atoms with van der Waals surface area (Å²) in [7, 11) is 1.79. The van der Waals surface area contributed by atoms with Crippen molar-refractivity contribution in [3.63, 3.8) is 0 Å². The first-order valence-electron chi connectivity index (χ1n) is 3.86. The van der Waals surface area contributed by atoms with E-state index in [0.717, 1.165) is 5.56 Å². The van der Waals surface area contributed by atoms with E-state index in [0.29, 0.717) is 12.5 Å². The van der Waals surface area contributed by atoms with Crippen molar-refractivity contribution < 1.29 is 4.74 Å². The van der Waals surface area contributed by atoms with Gasteiger partial charge in [0.25, 0.3) is 0 Å². The molecule has 0 aliphatic rings. The zero-order valence-electron chi connectivity index (χ0n) is 7.21. The molecular weight excluding hydrogens is 150 g/mol. The van der Waals surface area contributed by atoms with Crippen LogP contribution in [0.1, 0.15) is 5.56 Å². The summed E-state index contributed by atoms with van der Waals surface area (Å²) in [5.41, 5.74) is 1.15. The summed E-state index contributed by atoms with van der Waals surface area (Å²) in [6.45, 7) is 4.22. The average molecular weight is 163 g/mol. The maximum atomic E-state index is 5.27. The molecule has 0 unspecified atom stereocenters. The first-order valence-corrected chi connectivity index (χ1v) is 3.86. The van der Waals surface area contributed by atoms with Gasteiger partial charge in [0, 0.05) is 7.05 Å². The van der Waals surface area contributed by atoms with Crippen molar-refractivity contribution in [2.24, 2.45) is 0 Å². The van der Waals surface area contributed by atoms with Gasteiger partial charge in [0.15, 0.2) is 5.88 Å². The van der Waals surface area contributed by atoms with Crippen LogP contribution in [-0.2, 0) is 11.3 Å². The van der Waals surface area contributed by atoms with Gasteiger partial charge < -0.3 is 10.1 Å². The molecule has 0 aliphatic carbocycles. The molecule has 0 atom stereocenters. The molecule has 12 heavy (non-hydrogen) atoms. The van der Waals surface area contributed by atoms with Crippen LogP contribution in [0.5, 0.6) is 0 Å². The van der Waals surface area contributed by atoms with E-state index in [1.54, 1.807) is 7.05 Å². The predicted octanol–water partition coefficient (Wildman–Crippen LogP) is 1.89. The van der Waals surface area contributed by atoms with Crippen LogP contribution in [0.2, 0.25) is 0 Å². The second kappa shape index (κ2) is 4.44. The van der Waals surface area contributed by atoms with Crippen LogP contribution in [0.15, 0.2) is 42.8 Å². The Morgan fingerprint density at radius 1 is 1.42 bits per heavy atom. The molecule has 0 saturated carbocycles. The monoisotopic (exact) mass is 163 g/mol. The maximum absolute atomic E-state index is 5.27. The summed E-state index contributed by atoms with van der Waals surface area (Å²) in [4.78, 5) is 0. The van der Waals surface area contributed by atoms with Gasteiger partial charge in [-0.2, -0.15) is 0 Å². The molecule has 1 aromatic carbocycles. The van der Waals surface area contributed by atoms with Crippen molar-refractivity contribution in [1.82, 2.24) is 5.32 Å². The lowest BCUT2D eigenvalue weighted by Gasteiger charge is -2.07. The molecule has 2 heteroatoms. The van der Waals surface area contributed by atoms with E-state index in [1.165, 1.54) is 0 Å². The van der Waals surface area contributed by atoms with Gasteiger partial charge in [0.05, 0.1) is 0 Å². The van der Waals surface area contributed by atoms with Crippen LogP contribution in [0.3, 0.4) is 0 Å². The highest BCUT2D eigenvalue weighted by atomic mass is 16.5. The molecule has 1 N–H and O–H groups in total. The first kappa shape index (κ1) is 8.65. The van der Waals surface area contributed by atoms with Gasteiger partial charge >= 0.3 is 0 Å². The maximum Gasteiger partial charge on any atom is 0.179 e. The highest BCUT2D eigenvalue weighted by molar-refractivity contribution is 5.13. The van der Waals surface area contributed by atoms with Gasteiger partial charge in [-0.05, 0) is 12.1 Å². The molecule has 0 heterocycles. The molecule has 0 radical (unpaired) electrons. The van der Waals surface area contributed by atoms with Gasteiger partial charge in [0.2, 0.25) is 0 Å². The summed E-state index contributed by atoms with van der Waals surface area (Å²) in [6.07, 6.45) is 0. The van der Waals surface area contributed by atoms with E-state index in [9.17, 15) is 0 Å². The molecular formula is C10H13NO. The van der Waals surface area contributed by atoms with Crippen molar-refractivity contribution in [3.05, 3.63) is 48.4 Å². The quantitative estimate of drug-likeness (QED) is 0.684. The molecule has 1 aromatic rings. The van der Waals surface area contributed by atoms with Crippen LogP contribution in [0, 0.1) is 0 Å². The molecule has 0 amide bonds. The molecule has 0 aromatic heterocycles. The fourth-order valence-electron chi connectivity index (χ4n) is 0.817. The van der Waals surface area contributed by atoms with Gasteiger partial charge in [-0.3, -0.25) is 0 Å². The highest BCUT2D eigenvalue weighted by Crippen LogP contribution is 2.02. The van der Waals surface area contributed by atoms with Crippen molar-refractivity contribution in [1.29, 1.82) is 0 Å². The fraction of sp³-hybridized carbons (Fsp3) is 0.200. The minimum atomic E-state index is 0.570. The number of hydrogen-bond donors (Lipinski definition) is 1. The normalized spacial score (nSPS) is 9.08. The number of rotatable bonds is 4. The summed E-state index contributed by atoms with van der Waals surface area (Å²) in [6, 6.07) is 9.99. The highest BCUT2D eigenvalue weighted by Gasteiger charge is 1.91. The van der Waals surface area contributed by atoms with Gasteiger partial charge in [-0.25, -0.2) is 0 Å². The van der Waals surface area contributed by atoms with Crippen molar-refractivity contribution in [2.75, 3.05) is 7.05 Å². The molecule has 0 spiro atoms.